The summed E-state index contributed by atoms with van der Waals surface area (Å²) in [7, 11) is 0. The van der Waals surface area contributed by atoms with E-state index in [1.165, 1.54) is 17.5 Å². The van der Waals surface area contributed by atoms with Crippen LogP contribution in [0.2, 0.25) is 0 Å². The van der Waals surface area contributed by atoms with Gasteiger partial charge in [-0.05, 0) is 50.0 Å². The topological polar surface area (TPSA) is 50.2 Å². The minimum atomic E-state index is -0.417. The van der Waals surface area contributed by atoms with Gasteiger partial charge in [0.05, 0.1) is 0 Å². The predicted molar refractivity (Wildman–Crippen MR) is 177 cm³/mol. The second-order valence-corrected chi connectivity index (χ2v) is 14.1. The van der Waals surface area contributed by atoms with Crippen LogP contribution in [0.5, 0.6) is 0 Å². The Bertz CT molecular complexity index is 2120. The number of hydrogen-bond donors (Lipinski definition) is 1. The van der Waals surface area contributed by atoms with Crippen molar-refractivity contribution in [3.8, 4) is 11.3 Å². The molecule has 1 aliphatic heterocycles. The Kier molecular flexibility index (Phi) is 8.50. The van der Waals surface area contributed by atoms with Gasteiger partial charge in [0.2, 0.25) is 0 Å². The molecule has 2 heterocycles. The van der Waals surface area contributed by atoms with E-state index in [1.54, 1.807) is 17.8 Å². The third kappa shape index (κ3) is 5.79. The van der Waals surface area contributed by atoms with Crippen molar-refractivity contribution in [1.82, 2.24) is 4.98 Å². The maximum Gasteiger partial charge on any atom is 0.164 e. The van der Waals surface area contributed by atoms with E-state index in [4.69, 9.17) is 4.98 Å². The van der Waals surface area contributed by atoms with E-state index in [-0.39, 0.29) is 42.9 Å². The van der Waals surface area contributed by atoms with Gasteiger partial charge in [-0.2, -0.15) is 0 Å². The predicted octanol–water partition coefficient (Wildman–Crippen LogP) is 10.9. The van der Waals surface area contributed by atoms with E-state index in [1.807, 2.05) is 72.0 Å². The largest absolute Gasteiger partial charge is 0.512 e. The van der Waals surface area contributed by atoms with Crippen LogP contribution in [0, 0.1) is 22.7 Å². The number of allylic oxidation sites excluding steroid dienone is 2. The Balaban J connectivity index is 0.000000237. The molecule has 5 aromatic carbocycles. The number of nitrogens with zero attached hydrogens (tertiary/aromatic N) is 1. The first-order valence-electron chi connectivity index (χ1n) is 14.3. The molecule has 6 aromatic rings. The van der Waals surface area contributed by atoms with Crippen molar-refractivity contribution in [3.05, 3.63) is 103 Å². The quantitative estimate of drug-likeness (QED) is 0.0781. The van der Waals surface area contributed by atoms with Gasteiger partial charge in [0.1, 0.15) is 11.6 Å². The minimum Gasteiger partial charge on any atom is -0.512 e. The summed E-state index contributed by atoms with van der Waals surface area (Å²) in [6.07, 6.45) is 3.21. The summed E-state index contributed by atoms with van der Waals surface area (Å²) in [6.45, 7) is 11.1. The summed E-state index contributed by atoms with van der Waals surface area (Å²) < 4.78 is 14.4. The Morgan fingerprint density at radius 2 is 1.52 bits per heavy atom. The molecule has 6 heteroatoms. The molecule has 0 fully saturated rings. The number of aromatic nitrogens is 1. The first kappa shape index (κ1) is 31.8. The number of carbonyl (C=O) groups is 1. The van der Waals surface area contributed by atoms with Gasteiger partial charge in [-0.3, -0.25) is 9.78 Å². The van der Waals surface area contributed by atoms with Crippen molar-refractivity contribution in [2.24, 2.45) is 10.8 Å². The van der Waals surface area contributed by atoms with E-state index in [0.29, 0.717) is 5.39 Å². The third-order valence-corrected chi connectivity index (χ3v) is 8.88. The normalized spacial score (nSPS) is 12.9. The molecule has 0 saturated carbocycles. The number of rotatable bonds is 1. The first-order chi connectivity index (χ1) is 20.3. The average Bonchev–Trinajstić information content (AvgIpc) is 2.96. The molecular weight excluding hydrogens is 746 g/mol. The maximum absolute atomic E-state index is 14.4. The fraction of sp³-hybridized carbons (Fsp3) is 0.211. The Hall–Kier alpha value is -3.57. The molecule has 225 valence electrons. The van der Waals surface area contributed by atoms with Crippen molar-refractivity contribution >= 4 is 60.6 Å². The van der Waals surface area contributed by atoms with Gasteiger partial charge in [0, 0.05) is 59.2 Å². The van der Waals surface area contributed by atoms with E-state index in [2.05, 4.69) is 42.5 Å². The molecule has 0 spiro atoms. The molecule has 1 aromatic heterocycles. The summed E-state index contributed by atoms with van der Waals surface area (Å²) in [5, 5.41) is 17.9. The third-order valence-electron chi connectivity index (χ3n) is 7.80. The van der Waals surface area contributed by atoms with Crippen molar-refractivity contribution in [1.29, 1.82) is 0 Å². The van der Waals surface area contributed by atoms with E-state index in [9.17, 15) is 14.3 Å². The number of hydrogen-bond acceptors (Lipinski definition) is 4. The molecule has 7 rings (SSSR count). The molecule has 0 unspecified atom stereocenters. The second kappa shape index (κ2) is 11.7. The van der Waals surface area contributed by atoms with Crippen LogP contribution in [0.25, 0.3) is 54.3 Å². The van der Waals surface area contributed by atoms with Crippen LogP contribution in [0.1, 0.15) is 41.5 Å². The summed E-state index contributed by atoms with van der Waals surface area (Å²) >= 11 is 1.75. The number of benzene rings is 5. The van der Waals surface area contributed by atoms with Crippen LogP contribution in [0.3, 0.4) is 0 Å². The SMILES string of the molecule is CC(C)(C)C(=O)/C=C(\O)C(C)(C)C.Fc1cccc2c1ccc1c3ccnc4c3c(cc21)Sc1cc2ccccc2[c-]c1-4.[Ir]. The molecule has 0 saturated heterocycles. The standard InChI is InChI=1S/C27H13FNS.C11H20O2.Ir/c28-23-7-3-6-17-19(23)9-8-18-20-10-11-29-27-22-12-15-4-1-2-5-16(15)13-24(22)30-25(26(20)27)14-21(17)18;1-10(2,3)8(12)7-9(13)11(4,5)6;/h1-11,13-14H;7,12H,1-6H3;/q-1;;/b;8-7-;. The molecular formula is C38H33FIrNO2S-. The van der Waals surface area contributed by atoms with Gasteiger partial charge in [-0.25, -0.2) is 4.39 Å². The second-order valence-electron chi connectivity index (χ2n) is 13.0. The van der Waals surface area contributed by atoms with Crippen LogP contribution >= 0.6 is 11.8 Å². The average molecular weight is 779 g/mol. The number of pyridine rings is 1. The first-order valence-corrected chi connectivity index (χ1v) is 15.2. The number of aliphatic hydroxyl groups excluding tert-OH is 1. The van der Waals surface area contributed by atoms with E-state index < -0.39 is 5.41 Å². The van der Waals surface area contributed by atoms with Gasteiger partial charge >= 0.3 is 0 Å². The summed E-state index contributed by atoms with van der Waals surface area (Å²) in [4.78, 5) is 18.6. The molecule has 0 amide bonds. The zero-order valence-corrected chi connectivity index (χ0v) is 28.7. The van der Waals surface area contributed by atoms with E-state index >= 15 is 0 Å². The summed E-state index contributed by atoms with van der Waals surface area (Å²) in [6, 6.07) is 27.6. The van der Waals surface area contributed by atoms with Crippen LogP contribution in [-0.2, 0) is 24.9 Å². The molecule has 1 N–H and O–H groups in total. The van der Waals surface area contributed by atoms with E-state index in [0.717, 1.165) is 53.4 Å². The number of ketones is 1. The van der Waals surface area contributed by atoms with Gasteiger partial charge < -0.3 is 5.11 Å². The van der Waals surface area contributed by atoms with Gasteiger partial charge in [0.25, 0.3) is 0 Å². The number of carbonyl (C=O) groups excluding carboxylic acids is 1. The molecule has 0 bridgehead atoms. The van der Waals surface area contributed by atoms with Crippen LogP contribution in [0.4, 0.5) is 4.39 Å². The summed E-state index contributed by atoms with van der Waals surface area (Å²) in [5.41, 5.74) is 1.27. The number of halogens is 1. The molecule has 0 atom stereocenters. The number of aliphatic hydroxyl groups is 1. The zero-order chi connectivity index (χ0) is 30.7. The Labute approximate surface area is 274 Å². The zero-order valence-electron chi connectivity index (χ0n) is 25.5. The molecule has 1 radical (unpaired) electrons. The molecule has 3 nitrogen and oxygen atoms in total. The monoisotopic (exact) mass is 779 g/mol. The maximum atomic E-state index is 14.4. The van der Waals surface area contributed by atoms with Gasteiger partial charge in [0.15, 0.2) is 5.78 Å². The molecule has 0 aliphatic carbocycles. The number of fused-ring (bicyclic) bond motifs is 7. The van der Waals surface area contributed by atoms with Crippen LogP contribution < -0.4 is 0 Å². The Morgan fingerprint density at radius 1 is 0.818 bits per heavy atom. The van der Waals surface area contributed by atoms with Crippen molar-refractivity contribution in [2.75, 3.05) is 0 Å². The van der Waals surface area contributed by atoms with Gasteiger partial charge in [-0.15, -0.1) is 35.3 Å². The van der Waals surface area contributed by atoms with Crippen molar-refractivity contribution in [2.45, 2.75) is 51.3 Å². The van der Waals surface area contributed by atoms with Crippen molar-refractivity contribution < 1.29 is 34.4 Å². The van der Waals surface area contributed by atoms with Gasteiger partial charge in [-0.1, -0.05) is 95.0 Å². The van der Waals surface area contributed by atoms with Crippen molar-refractivity contribution in [3.63, 3.8) is 0 Å². The fourth-order valence-electron chi connectivity index (χ4n) is 5.22. The fourth-order valence-corrected chi connectivity index (χ4v) is 6.38. The smallest absolute Gasteiger partial charge is 0.164 e. The molecule has 44 heavy (non-hydrogen) atoms. The summed E-state index contributed by atoms with van der Waals surface area (Å²) in [5.74, 6) is -0.0787. The van der Waals surface area contributed by atoms with Crippen LogP contribution in [-0.4, -0.2) is 15.9 Å². The molecule has 1 aliphatic rings. The Morgan fingerprint density at radius 3 is 2.25 bits per heavy atom. The minimum absolute atomic E-state index is 0. The van der Waals surface area contributed by atoms with Crippen LogP contribution in [0.15, 0.2) is 101 Å².